The van der Waals surface area contributed by atoms with Crippen LogP contribution in [0, 0.1) is 0 Å². The quantitative estimate of drug-likeness (QED) is 0.658. The van der Waals surface area contributed by atoms with Gasteiger partial charge in [0.15, 0.2) is 11.5 Å². The molecule has 0 bridgehead atoms. The van der Waals surface area contributed by atoms with Gasteiger partial charge in [0.05, 0.1) is 18.8 Å². The molecule has 1 aliphatic rings. The van der Waals surface area contributed by atoms with Crippen LogP contribution in [0.4, 0.5) is 0 Å². The van der Waals surface area contributed by atoms with Gasteiger partial charge in [-0.25, -0.2) is 0 Å². The first-order valence-corrected chi connectivity index (χ1v) is 6.66. The Bertz CT molecular complexity index is 426. The number of ether oxygens (including phenoxy) is 3. The maximum atomic E-state index is 10.1. The molecule has 1 aromatic carbocycles. The maximum Gasteiger partial charge on any atom is 0.161 e. The molecule has 0 saturated heterocycles. The van der Waals surface area contributed by atoms with Crippen LogP contribution < -0.4 is 14.8 Å². The lowest BCUT2D eigenvalue weighted by Gasteiger charge is -2.20. The average molecular weight is 283 g/mol. The Kier molecular flexibility index (Phi) is 5.60. The minimum Gasteiger partial charge on any atom is -0.486 e. The summed E-state index contributed by atoms with van der Waals surface area (Å²) in [4.78, 5) is 0. The summed E-state index contributed by atoms with van der Waals surface area (Å²) in [6, 6.07) is 5.39. The summed E-state index contributed by atoms with van der Waals surface area (Å²) >= 11 is 0. The van der Waals surface area contributed by atoms with Gasteiger partial charge in [-0.2, -0.15) is 0 Å². The van der Waals surface area contributed by atoms with Crippen LogP contribution in [-0.4, -0.2) is 56.3 Å². The largest absolute Gasteiger partial charge is 0.486 e. The second-order valence-corrected chi connectivity index (χ2v) is 4.69. The molecule has 6 nitrogen and oxygen atoms in total. The van der Waals surface area contributed by atoms with Gasteiger partial charge in [0, 0.05) is 20.2 Å². The molecule has 2 rings (SSSR count). The highest BCUT2D eigenvalue weighted by Gasteiger charge is 2.15. The number of aliphatic hydroxyl groups is 2. The molecular weight excluding hydrogens is 262 g/mol. The molecule has 1 aromatic rings. The van der Waals surface area contributed by atoms with E-state index in [1.54, 1.807) is 12.1 Å². The molecule has 2 unspecified atom stereocenters. The highest BCUT2D eigenvalue weighted by atomic mass is 16.6. The number of rotatable bonds is 7. The van der Waals surface area contributed by atoms with Gasteiger partial charge in [-0.1, -0.05) is 6.07 Å². The van der Waals surface area contributed by atoms with Crippen LogP contribution in [0.3, 0.4) is 0 Å². The minimum atomic E-state index is -0.666. The van der Waals surface area contributed by atoms with Gasteiger partial charge < -0.3 is 29.7 Å². The van der Waals surface area contributed by atoms with Crippen molar-refractivity contribution in [3.63, 3.8) is 0 Å². The zero-order chi connectivity index (χ0) is 14.4. The first-order valence-electron chi connectivity index (χ1n) is 6.66. The van der Waals surface area contributed by atoms with E-state index in [1.807, 2.05) is 6.07 Å². The Morgan fingerprint density at radius 3 is 2.70 bits per heavy atom. The lowest BCUT2D eigenvalue weighted by molar-refractivity contribution is 0.0616. The van der Waals surface area contributed by atoms with Crippen molar-refractivity contribution < 1.29 is 24.4 Å². The van der Waals surface area contributed by atoms with Crippen molar-refractivity contribution in [2.24, 2.45) is 0 Å². The smallest absolute Gasteiger partial charge is 0.161 e. The monoisotopic (exact) mass is 283 g/mol. The molecular formula is C14H21NO5. The standard InChI is InChI=1S/C14H21NO5/c1-18-9-11(16)7-15-8-12(17)10-2-3-13-14(6-10)20-5-4-19-13/h2-3,6,11-12,15-17H,4-5,7-9H2,1H3. The SMILES string of the molecule is COCC(O)CNCC(O)c1ccc2c(c1)OCCO2. The molecule has 1 aliphatic heterocycles. The zero-order valence-corrected chi connectivity index (χ0v) is 11.5. The van der Waals surface area contributed by atoms with Crippen LogP contribution in [0.15, 0.2) is 18.2 Å². The Hall–Kier alpha value is -1.34. The van der Waals surface area contributed by atoms with E-state index >= 15 is 0 Å². The van der Waals surface area contributed by atoms with Crippen molar-refractivity contribution in [1.82, 2.24) is 5.32 Å². The summed E-state index contributed by atoms with van der Waals surface area (Å²) in [6.45, 7) is 2.06. The van der Waals surface area contributed by atoms with Crippen molar-refractivity contribution in [1.29, 1.82) is 0 Å². The van der Waals surface area contributed by atoms with Crippen molar-refractivity contribution in [3.05, 3.63) is 23.8 Å². The highest BCUT2D eigenvalue weighted by Crippen LogP contribution is 2.32. The van der Waals surface area contributed by atoms with Crippen molar-refractivity contribution >= 4 is 0 Å². The minimum absolute atomic E-state index is 0.271. The van der Waals surface area contributed by atoms with Gasteiger partial charge in [-0.05, 0) is 17.7 Å². The summed E-state index contributed by atoms with van der Waals surface area (Å²) in [5, 5.41) is 22.6. The van der Waals surface area contributed by atoms with Gasteiger partial charge in [0.1, 0.15) is 13.2 Å². The second-order valence-electron chi connectivity index (χ2n) is 4.69. The van der Waals surface area contributed by atoms with Gasteiger partial charge >= 0.3 is 0 Å². The Labute approximate surface area is 118 Å². The molecule has 0 aromatic heterocycles. The maximum absolute atomic E-state index is 10.1. The molecule has 3 N–H and O–H groups in total. The fourth-order valence-corrected chi connectivity index (χ4v) is 2.02. The van der Waals surface area contributed by atoms with E-state index in [0.717, 1.165) is 5.56 Å². The Morgan fingerprint density at radius 2 is 1.95 bits per heavy atom. The number of fused-ring (bicyclic) bond motifs is 1. The summed E-state index contributed by atoms with van der Waals surface area (Å²) in [5.74, 6) is 1.36. The van der Waals surface area contributed by atoms with E-state index in [1.165, 1.54) is 7.11 Å². The summed E-state index contributed by atoms with van der Waals surface area (Å²) in [6.07, 6.45) is -1.24. The van der Waals surface area contributed by atoms with Crippen LogP contribution in [-0.2, 0) is 4.74 Å². The molecule has 1 heterocycles. The Morgan fingerprint density at radius 1 is 1.20 bits per heavy atom. The molecule has 2 atom stereocenters. The number of hydrogen-bond donors (Lipinski definition) is 3. The zero-order valence-electron chi connectivity index (χ0n) is 11.5. The molecule has 0 spiro atoms. The number of nitrogens with one attached hydrogen (secondary N) is 1. The summed E-state index contributed by atoms with van der Waals surface area (Å²) in [5.41, 5.74) is 0.753. The molecule has 112 valence electrons. The van der Waals surface area contributed by atoms with Crippen molar-refractivity contribution in [2.45, 2.75) is 12.2 Å². The van der Waals surface area contributed by atoms with Crippen LogP contribution >= 0.6 is 0 Å². The van der Waals surface area contributed by atoms with E-state index in [4.69, 9.17) is 14.2 Å². The van der Waals surface area contributed by atoms with Crippen LogP contribution in [0.2, 0.25) is 0 Å². The van der Waals surface area contributed by atoms with Gasteiger partial charge in [-0.15, -0.1) is 0 Å². The van der Waals surface area contributed by atoms with Crippen LogP contribution in [0.5, 0.6) is 11.5 Å². The third-order valence-electron chi connectivity index (χ3n) is 3.03. The third-order valence-corrected chi connectivity index (χ3v) is 3.03. The van der Waals surface area contributed by atoms with Crippen LogP contribution in [0.25, 0.3) is 0 Å². The molecule has 0 aliphatic carbocycles. The molecule has 0 fully saturated rings. The fourth-order valence-electron chi connectivity index (χ4n) is 2.02. The molecule has 6 heteroatoms. The lowest BCUT2D eigenvalue weighted by Crippen LogP contribution is -2.32. The van der Waals surface area contributed by atoms with Crippen molar-refractivity contribution in [2.75, 3.05) is 40.0 Å². The molecule has 0 amide bonds. The topological polar surface area (TPSA) is 80.2 Å². The molecule has 0 saturated carbocycles. The predicted octanol–water partition coefficient (Wildman–Crippen LogP) is 0.0881. The van der Waals surface area contributed by atoms with E-state index in [-0.39, 0.29) is 6.61 Å². The first kappa shape index (κ1) is 15.1. The fraction of sp³-hybridized carbons (Fsp3) is 0.571. The highest BCUT2D eigenvalue weighted by molar-refractivity contribution is 5.44. The lowest BCUT2D eigenvalue weighted by atomic mass is 10.1. The molecule has 0 radical (unpaired) electrons. The van der Waals surface area contributed by atoms with E-state index in [0.29, 0.717) is 37.8 Å². The number of benzene rings is 1. The second kappa shape index (κ2) is 7.44. The predicted molar refractivity (Wildman–Crippen MR) is 73.1 cm³/mol. The first-order chi connectivity index (χ1) is 9.70. The number of methoxy groups -OCH3 is 1. The molecule has 20 heavy (non-hydrogen) atoms. The summed E-state index contributed by atoms with van der Waals surface area (Å²) in [7, 11) is 1.53. The van der Waals surface area contributed by atoms with E-state index in [9.17, 15) is 10.2 Å². The van der Waals surface area contributed by atoms with Crippen LogP contribution in [0.1, 0.15) is 11.7 Å². The van der Waals surface area contributed by atoms with Gasteiger partial charge in [-0.3, -0.25) is 0 Å². The van der Waals surface area contributed by atoms with Gasteiger partial charge in [0.2, 0.25) is 0 Å². The normalized spacial score (nSPS) is 16.8. The van der Waals surface area contributed by atoms with Gasteiger partial charge in [0.25, 0.3) is 0 Å². The third kappa shape index (κ3) is 4.08. The average Bonchev–Trinajstić information content (AvgIpc) is 2.47. The Balaban J connectivity index is 1.84. The van der Waals surface area contributed by atoms with E-state index in [2.05, 4.69) is 5.32 Å². The number of hydrogen-bond acceptors (Lipinski definition) is 6. The van der Waals surface area contributed by atoms with Crippen molar-refractivity contribution in [3.8, 4) is 11.5 Å². The van der Waals surface area contributed by atoms with E-state index < -0.39 is 12.2 Å². The number of aliphatic hydroxyl groups excluding tert-OH is 2. The summed E-state index contributed by atoms with van der Waals surface area (Å²) < 4.78 is 15.7.